The van der Waals surface area contributed by atoms with Gasteiger partial charge in [-0.05, 0) is 29.4 Å². The molecule has 3 aromatic carbocycles. The van der Waals surface area contributed by atoms with Gasteiger partial charge in [0.15, 0.2) is 5.11 Å². The molecule has 0 amide bonds. The highest BCUT2D eigenvalue weighted by molar-refractivity contribution is 7.80. The summed E-state index contributed by atoms with van der Waals surface area (Å²) in [6.45, 7) is 1.73. The predicted molar refractivity (Wildman–Crippen MR) is 126 cm³/mol. The van der Waals surface area contributed by atoms with E-state index in [0.717, 1.165) is 5.69 Å². The highest BCUT2D eigenvalue weighted by atomic mass is 32.1. The zero-order valence-corrected chi connectivity index (χ0v) is 17.8. The molecule has 0 fully saturated rings. The molecule has 0 saturated carbocycles. The second-order valence-corrected chi connectivity index (χ2v) is 7.66. The second-order valence-electron chi connectivity index (χ2n) is 7.28. The molecular weight excluding hydrogens is 407 g/mol. The molecule has 0 saturated heterocycles. The smallest absolute Gasteiger partial charge is 0.174 e. The van der Waals surface area contributed by atoms with Gasteiger partial charge in [-0.15, -0.1) is 0 Å². The van der Waals surface area contributed by atoms with E-state index < -0.39 is 0 Å². The van der Waals surface area contributed by atoms with Crippen molar-refractivity contribution in [1.29, 1.82) is 0 Å². The topological polar surface area (TPSA) is 33.1 Å². The molecule has 4 nitrogen and oxygen atoms in total. The van der Waals surface area contributed by atoms with E-state index in [1.165, 1.54) is 17.2 Å². The van der Waals surface area contributed by atoms with Gasteiger partial charge in [0.25, 0.3) is 0 Å². The van der Waals surface area contributed by atoms with Crippen LogP contribution >= 0.6 is 12.2 Å². The van der Waals surface area contributed by atoms with E-state index in [9.17, 15) is 4.39 Å². The van der Waals surface area contributed by atoms with Crippen LogP contribution in [0.2, 0.25) is 0 Å². The van der Waals surface area contributed by atoms with Gasteiger partial charge in [0.2, 0.25) is 0 Å². The van der Waals surface area contributed by atoms with E-state index in [1.807, 2.05) is 48.7 Å². The van der Waals surface area contributed by atoms with Crippen molar-refractivity contribution in [1.82, 2.24) is 14.7 Å². The zero-order valence-electron chi connectivity index (χ0n) is 17.0. The van der Waals surface area contributed by atoms with Crippen LogP contribution in [0.4, 0.5) is 10.1 Å². The molecule has 31 heavy (non-hydrogen) atoms. The molecule has 0 spiro atoms. The molecule has 156 valence electrons. The summed E-state index contributed by atoms with van der Waals surface area (Å²) in [5.41, 5.74) is 3.72. The molecule has 0 radical (unpaired) electrons. The SMILES string of the molecule is Fc1ccccc1Cn1cc(NC(=S)N(Cc2ccccc2)Cc2ccccc2)cn1. The largest absolute Gasteiger partial charge is 0.340 e. The molecule has 0 aliphatic heterocycles. The van der Waals surface area contributed by atoms with Crippen molar-refractivity contribution in [2.45, 2.75) is 19.6 Å². The highest BCUT2D eigenvalue weighted by Crippen LogP contribution is 2.15. The Bertz CT molecular complexity index is 1090. The average Bonchev–Trinajstić information content (AvgIpc) is 3.23. The van der Waals surface area contributed by atoms with Gasteiger partial charge in [0.1, 0.15) is 5.82 Å². The summed E-state index contributed by atoms with van der Waals surface area (Å²) in [5, 5.41) is 8.24. The van der Waals surface area contributed by atoms with Gasteiger partial charge in [0, 0.05) is 24.8 Å². The standard InChI is InChI=1S/C25H23FN4S/c26-24-14-8-7-13-22(24)18-30-19-23(15-27-30)28-25(31)29(16-20-9-3-1-4-10-20)17-21-11-5-2-6-12-21/h1-15,19H,16-18H2,(H,28,31). The van der Waals surface area contributed by atoms with Gasteiger partial charge >= 0.3 is 0 Å². The number of thiocarbonyl (C=S) groups is 1. The molecular formula is C25H23FN4S. The number of aromatic nitrogens is 2. The maximum Gasteiger partial charge on any atom is 0.174 e. The Morgan fingerprint density at radius 3 is 2.06 bits per heavy atom. The van der Waals surface area contributed by atoms with Gasteiger partial charge in [-0.3, -0.25) is 4.68 Å². The Morgan fingerprint density at radius 2 is 1.45 bits per heavy atom. The van der Waals surface area contributed by atoms with E-state index in [4.69, 9.17) is 12.2 Å². The first-order chi connectivity index (χ1) is 15.2. The van der Waals surface area contributed by atoms with Crippen LogP contribution < -0.4 is 5.32 Å². The molecule has 6 heteroatoms. The Morgan fingerprint density at radius 1 is 0.871 bits per heavy atom. The molecule has 1 heterocycles. The molecule has 0 bridgehead atoms. The van der Waals surface area contributed by atoms with Gasteiger partial charge in [-0.2, -0.15) is 5.10 Å². The molecule has 4 rings (SSSR count). The highest BCUT2D eigenvalue weighted by Gasteiger charge is 2.13. The second kappa shape index (κ2) is 10.00. The van der Waals surface area contributed by atoms with E-state index in [-0.39, 0.29) is 5.82 Å². The minimum atomic E-state index is -0.236. The number of halogens is 1. The van der Waals surface area contributed by atoms with Crippen LogP contribution in [0.3, 0.4) is 0 Å². The molecule has 0 aliphatic carbocycles. The quantitative estimate of drug-likeness (QED) is 0.394. The van der Waals surface area contributed by atoms with Crippen LogP contribution in [0.15, 0.2) is 97.3 Å². The summed E-state index contributed by atoms with van der Waals surface area (Å²) >= 11 is 5.73. The lowest BCUT2D eigenvalue weighted by molar-refractivity contribution is 0.413. The first kappa shape index (κ1) is 20.8. The molecule has 1 aromatic heterocycles. The summed E-state index contributed by atoms with van der Waals surface area (Å²) < 4.78 is 15.6. The number of rotatable bonds is 7. The molecule has 0 atom stereocenters. The van der Waals surface area contributed by atoms with Crippen molar-refractivity contribution in [2.24, 2.45) is 0 Å². The van der Waals surface area contributed by atoms with E-state index in [1.54, 1.807) is 23.0 Å². The van der Waals surface area contributed by atoms with Gasteiger partial charge < -0.3 is 10.2 Å². The third kappa shape index (κ3) is 5.77. The lowest BCUT2D eigenvalue weighted by atomic mass is 10.2. The van der Waals surface area contributed by atoms with Gasteiger partial charge in [0.05, 0.1) is 18.4 Å². The monoisotopic (exact) mass is 430 g/mol. The fourth-order valence-electron chi connectivity index (χ4n) is 3.33. The van der Waals surface area contributed by atoms with Crippen molar-refractivity contribution in [3.8, 4) is 0 Å². The van der Waals surface area contributed by atoms with Crippen LogP contribution in [-0.2, 0) is 19.6 Å². The zero-order chi connectivity index (χ0) is 21.5. The maximum atomic E-state index is 13.9. The minimum Gasteiger partial charge on any atom is -0.340 e. The van der Waals surface area contributed by atoms with E-state index >= 15 is 0 Å². The lowest BCUT2D eigenvalue weighted by Crippen LogP contribution is -2.33. The molecule has 0 aliphatic rings. The summed E-state index contributed by atoms with van der Waals surface area (Å²) in [6, 6.07) is 27.2. The molecule has 4 aromatic rings. The van der Waals surface area contributed by atoms with Crippen molar-refractivity contribution < 1.29 is 4.39 Å². The normalized spacial score (nSPS) is 10.6. The lowest BCUT2D eigenvalue weighted by Gasteiger charge is -2.26. The number of hydrogen-bond donors (Lipinski definition) is 1. The Balaban J connectivity index is 1.46. The van der Waals surface area contributed by atoms with Crippen LogP contribution in [-0.4, -0.2) is 19.8 Å². The predicted octanol–water partition coefficient (Wildman–Crippen LogP) is 5.47. The fraction of sp³-hybridized carbons (Fsp3) is 0.120. The van der Waals surface area contributed by atoms with Crippen molar-refractivity contribution in [2.75, 3.05) is 5.32 Å². The Labute approximate surface area is 187 Å². The minimum absolute atomic E-state index is 0.236. The van der Waals surface area contributed by atoms with Crippen LogP contribution in [0, 0.1) is 5.82 Å². The first-order valence-corrected chi connectivity index (χ1v) is 10.5. The molecule has 0 unspecified atom stereocenters. The maximum absolute atomic E-state index is 13.9. The number of hydrogen-bond acceptors (Lipinski definition) is 2. The summed E-state index contributed by atoms with van der Waals surface area (Å²) in [5.74, 6) is -0.236. The van der Waals surface area contributed by atoms with Crippen molar-refractivity contribution in [3.05, 3.63) is 120 Å². The summed E-state index contributed by atoms with van der Waals surface area (Å²) in [6.07, 6.45) is 3.54. The Kier molecular flexibility index (Phi) is 6.69. The third-order valence-corrected chi connectivity index (χ3v) is 5.25. The van der Waals surface area contributed by atoms with Crippen LogP contribution in [0.25, 0.3) is 0 Å². The van der Waals surface area contributed by atoms with Crippen LogP contribution in [0.5, 0.6) is 0 Å². The number of nitrogens with zero attached hydrogens (tertiary/aromatic N) is 3. The fourth-order valence-corrected chi connectivity index (χ4v) is 3.57. The van der Waals surface area contributed by atoms with Crippen molar-refractivity contribution >= 4 is 23.0 Å². The van der Waals surface area contributed by atoms with Crippen molar-refractivity contribution in [3.63, 3.8) is 0 Å². The van der Waals surface area contributed by atoms with E-state index in [0.29, 0.717) is 30.3 Å². The third-order valence-electron chi connectivity index (χ3n) is 4.89. The summed E-state index contributed by atoms with van der Waals surface area (Å²) in [7, 11) is 0. The summed E-state index contributed by atoms with van der Waals surface area (Å²) in [4.78, 5) is 2.12. The Hall–Kier alpha value is -3.51. The van der Waals surface area contributed by atoms with Crippen LogP contribution in [0.1, 0.15) is 16.7 Å². The number of benzene rings is 3. The first-order valence-electron chi connectivity index (χ1n) is 10.1. The average molecular weight is 431 g/mol. The molecule has 1 N–H and O–H groups in total. The number of anilines is 1. The number of nitrogens with one attached hydrogen (secondary N) is 1. The van der Waals surface area contributed by atoms with Gasteiger partial charge in [-0.1, -0.05) is 78.9 Å². The van der Waals surface area contributed by atoms with E-state index in [2.05, 4.69) is 39.6 Å². The van der Waals surface area contributed by atoms with Gasteiger partial charge in [-0.25, -0.2) is 4.39 Å².